The second kappa shape index (κ2) is 10.4. The lowest BCUT2D eigenvalue weighted by Gasteiger charge is -2.36. The summed E-state index contributed by atoms with van der Waals surface area (Å²) < 4.78 is 33.0. The average Bonchev–Trinajstić information content (AvgIpc) is 2.88. The maximum atomic E-state index is 13.3. The van der Waals surface area contributed by atoms with Gasteiger partial charge in [-0.25, -0.2) is 8.42 Å². The number of hydrogen-bond donors (Lipinski definition) is 2. The molecule has 4 rings (SSSR count). The fourth-order valence-corrected chi connectivity index (χ4v) is 5.85. The zero-order valence-electron chi connectivity index (χ0n) is 18.9. The smallest absolute Gasteiger partial charge is 0.322 e. The number of sulfonamides is 1. The molecule has 3 aromatic rings. The highest BCUT2D eigenvalue weighted by Gasteiger charge is 2.40. The van der Waals surface area contributed by atoms with Gasteiger partial charge in [0.05, 0.1) is 12.0 Å². The Bertz CT molecular complexity index is 1210. The minimum atomic E-state index is -3.95. The standard InChI is InChI=1S/C26H28N2O5S/c1-33-23-11-7-20(8-12-23)21-9-13-24(14-10-21)34(31,32)28-16-15-22(17-25(28)26(29)30)27-18-19-5-3-2-4-6-19/h2-14,22,25,27H,15-18H2,1H3,(H,29,30)/t22-,25-/m1/s1. The molecule has 7 nitrogen and oxygen atoms in total. The Labute approximate surface area is 200 Å². The van der Waals surface area contributed by atoms with Gasteiger partial charge in [-0.15, -0.1) is 0 Å². The van der Waals surface area contributed by atoms with Gasteiger partial charge in [0, 0.05) is 19.1 Å². The topological polar surface area (TPSA) is 95.9 Å². The van der Waals surface area contributed by atoms with E-state index in [0.717, 1.165) is 26.7 Å². The predicted molar refractivity (Wildman–Crippen MR) is 130 cm³/mol. The predicted octanol–water partition coefficient (Wildman–Crippen LogP) is 3.76. The summed E-state index contributed by atoms with van der Waals surface area (Å²) in [4.78, 5) is 12.1. The number of hydrogen-bond acceptors (Lipinski definition) is 5. The average molecular weight is 481 g/mol. The first-order chi connectivity index (χ1) is 16.4. The van der Waals surface area contributed by atoms with Crippen LogP contribution in [0.5, 0.6) is 5.75 Å². The minimum Gasteiger partial charge on any atom is -0.497 e. The molecule has 34 heavy (non-hydrogen) atoms. The third-order valence-corrected chi connectivity index (χ3v) is 8.08. The van der Waals surface area contributed by atoms with Crippen LogP contribution in [0, 0.1) is 0 Å². The van der Waals surface area contributed by atoms with Gasteiger partial charge in [-0.3, -0.25) is 4.79 Å². The molecule has 0 radical (unpaired) electrons. The Morgan fingerprint density at radius 1 is 1.00 bits per heavy atom. The molecule has 1 fully saturated rings. The molecule has 0 saturated carbocycles. The van der Waals surface area contributed by atoms with Crippen molar-refractivity contribution in [2.75, 3.05) is 13.7 Å². The Hall–Kier alpha value is -3.20. The summed E-state index contributed by atoms with van der Waals surface area (Å²) in [6.45, 7) is 0.753. The number of carboxylic acids is 1. The third-order valence-electron chi connectivity index (χ3n) is 6.16. The highest BCUT2D eigenvalue weighted by molar-refractivity contribution is 7.89. The molecular weight excluding hydrogens is 452 g/mol. The molecule has 0 unspecified atom stereocenters. The maximum absolute atomic E-state index is 13.3. The Kier molecular flexibility index (Phi) is 7.31. The maximum Gasteiger partial charge on any atom is 0.322 e. The summed E-state index contributed by atoms with van der Waals surface area (Å²) in [5.41, 5.74) is 2.89. The molecule has 1 aliphatic heterocycles. The Morgan fingerprint density at radius 3 is 2.21 bits per heavy atom. The molecule has 1 aliphatic rings. The summed E-state index contributed by atoms with van der Waals surface area (Å²) in [6.07, 6.45) is 0.755. The number of nitrogens with zero attached hydrogens (tertiary/aromatic N) is 1. The molecule has 0 spiro atoms. The van der Waals surface area contributed by atoms with Crippen LogP contribution in [0.15, 0.2) is 83.8 Å². The van der Waals surface area contributed by atoms with Crippen LogP contribution in [-0.4, -0.2) is 49.5 Å². The van der Waals surface area contributed by atoms with Gasteiger partial charge >= 0.3 is 5.97 Å². The van der Waals surface area contributed by atoms with Gasteiger partial charge in [0.1, 0.15) is 11.8 Å². The van der Waals surface area contributed by atoms with Gasteiger partial charge in [-0.1, -0.05) is 54.6 Å². The first-order valence-electron chi connectivity index (χ1n) is 11.1. The fraction of sp³-hybridized carbons (Fsp3) is 0.269. The van der Waals surface area contributed by atoms with Crippen LogP contribution < -0.4 is 10.1 Å². The monoisotopic (exact) mass is 480 g/mol. The number of rotatable bonds is 8. The van der Waals surface area contributed by atoms with Crippen molar-refractivity contribution < 1.29 is 23.1 Å². The molecular formula is C26H28N2O5S. The molecule has 0 aromatic heterocycles. The van der Waals surface area contributed by atoms with E-state index in [1.807, 2.05) is 54.6 Å². The van der Waals surface area contributed by atoms with E-state index in [0.29, 0.717) is 13.0 Å². The molecule has 1 heterocycles. The molecule has 0 amide bonds. The van der Waals surface area contributed by atoms with Gasteiger partial charge in [-0.05, 0) is 53.8 Å². The van der Waals surface area contributed by atoms with Crippen LogP contribution in [0.25, 0.3) is 11.1 Å². The first-order valence-corrected chi connectivity index (χ1v) is 12.6. The van der Waals surface area contributed by atoms with Crippen molar-refractivity contribution in [1.29, 1.82) is 0 Å². The van der Waals surface area contributed by atoms with E-state index in [9.17, 15) is 18.3 Å². The van der Waals surface area contributed by atoms with Crippen LogP contribution in [-0.2, 0) is 21.4 Å². The van der Waals surface area contributed by atoms with Gasteiger partial charge in [0.2, 0.25) is 10.0 Å². The number of carbonyl (C=O) groups is 1. The lowest BCUT2D eigenvalue weighted by atomic mass is 9.99. The largest absolute Gasteiger partial charge is 0.497 e. The second-order valence-electron chi connectivity index (χ2n) is 8.31. The number of ether oxygens (including phenoxy) is 1. The normalized spacial score (nSPS) is 19.0. The van der Waals surface area contributed by atoms with Gasteiger partial charge in [0.25, 0.3) is 0 Å². The van der Waals surface area contributed by atoms with Gasteiger partial charge in [-0.2, -0.15) is 4.31 Å². The van der Waals surface area contributed by atoms with Gasteiger partial charge < -0.3 is 15.2 Å². The van der Waals surface area contributed by atoms with E-state index in [2.05, 4.69) is 5.32 Å². The van der Waals surface area contributed by atoms with Crippen molar-refractivity contribution in [2.45, 2.75) is 36.4 Å². The van der Waals surface area contributed by atoms with Crippen LogP contribution >= 0.6 is 0 Å². The number of methoxy groups -OCH3 is 1. The highest BCUT2D eigenvalue weighted by atomic mass is 32.2. The van der Waals surface area contributed by atoms with Crippen molar-refractivity contribution in [3.63, 3.8) is 0 Å². The zero-order valence-corrected chi connectivity index (χ0v) is 19.7. The van der Waals surface area contributed by atoms with E-state index >= 15 is 0 Å². The lowest BCUT2D eigenvalue weighted by molar-refractivity contribution is -0.142. The first kappa shape index (κ1) is 23.9. The summed E-state index contributed by atoms with van der Waals surface area (Å²) in [5.74, 6) is -0.394. The van der Waals surface area contributed by atoms with E-state index in [1.165, 1.54) is 12.1 Å². The van der Waals surface area contributed by atoms with Crippen molar-refractivity contribution >= 4 is 16.0 Å². The molecule has 1 saturated heterocycles. The molecule has 8 heteroatoms. The molecule has 178 valence electrons. The SMILES string of the molecule is COc1ccc(-c2ccc(S(=O)(=O)N3CC[C@@H](NCc4ccccc4)C[C@@H]3C(=O)O)cc2)cc1. The molecule has 0 bridgehead atoms. The molecule has 3 aromatic carbocycles. The van der Waals surface area contributed by atoms with Crippen LogP contribution in [0.1, 0.15) is 18.4 Å². The van der Waals surface area contributed by atoms with Crippen molar-refractivity contribution in [1.82, 2.24) is 9.62 Å². The number of aliphatic carboxylic acids is 1. The summed E-state index contributed by atoms with van der Waals surface area (Å²) in [6, 6.07) is 22.7. The Morgan fingerprint density at radius 2 is 1.62 bits per heavy atom. The van der Waals surface area contributed by atoms with E-state index < -0.39 is 22.0 Å². The zero-order chi connectivity index (χ0) is 24.1. The van der Waals surface area contributed by atoms with Crippen molar-refractivity contribution in [2.24, 2.45) is 0 Å². The number of nitrogens with one attached hydrogen (secondary N) is 1. The van der Waals surface area contributed by atoms with E-state index in [1.54, 1.807) is 19.2 Å². The van der Waals surface area contributed by atoms with E-state index in [4.69, 9.17) is 4.74 Å². The summed E-state index contributed by atoms with van der Waals surface area (Å²) in [5, 5.41) is 13.2. The van der Waals surface area contributed by atoms with Crippen LogP contribution in [0.3, 0.4) is 0 Å². The minimum absolute atomic E-state index is 0.0785. The van der Waals surface area contributed by atoms with Crippen molar-refractivity contribution in [3.8, 4) is 16.9 Å². The number of carboxylic acid groups (broad SMARTS) is 1. The molecule has 2 atom stereocenters. The quantitative estimate of drug-likeness (QED) is 0.510. The fourth-order valence-electron chi connectivity index (χ4n) is 4.24. The molecule has 0 aliphatic carbocycles. The van der Waals surface area contributed by atoms with E-state index in [-0.39, 0.29) is 23.9 Å². The third kappa shape index (κ3) is 5.30. The number of benzene rings is 3. The highest BCUT2D eigenvalue weighted by Crippen LogP contribution is 2.29. The number of piperidine rings is 1. The molecule has 2 N–H and O–H groups in total. The Balaban J connectivity index is 1.47. The summed E-state index contributed by atoms with van der Waals surface area (Å²) >= 11 is 0. The van der Waals surface area contributed by atoms with Crippen molar-refractivity contribution in [3.05, 3.63) is 84.4 Å². The summed E-state index contributed by atoms with van der Waals surface area (Å²) in [7, 11) is -2.35. The van der Waals surface area contributed by atoms with Gasteiger partial charge in [0.15, 0.2) is 0 Å². The lowest BCUT2D eigenvalue weighted by Crippen LogP contribution is -2.53. The van der Waals surface area contributed by atoms with Crippen LogP contribution in [0.4, 0.5) is 0 Å². The second-order valence-corrected chi connectivity index (χ2v) is 10.2. The van der Waals surface area contributed by atoms with Crippen LogP contribution in [0.2, 0.25) is 0 Å².